The van der Waals surface area contributed by atoms with Crippen molar-refractivity contribution in [3.63, 3.8) is 0 Å². The van der Waals surface area contributed by atoms with Crippen molar-refractivity contribution < 1.29 is 14.3 Å². The predicted molar refractivity (Wildman–Crippen MR) is 129 cm³/mol. The highest BCUT2D eigenvalue weighted by atomic mass is 79.9. The number of fused-ring (bicyclic) bond motifs is 1. The van der Waals surface area contributed by atoms with Crippen LogP contribution in [0.1, 0.15) is 41.3 Å². The highest BCUT2D eigenvalue weighted by Crippen LogP contribution is 2.38. The third kappa shape index (κ3) is 5.21. The van der Waals surface area contributed by atoms with Gasteiger partial charge < -0.3 is 14.8 Å². The lowest BCUT2D eigenvalue weighted by Gasteiger charge is -2.13. The van der Waals surface area contributed by atoms with Gasteiger partial charge in [0.05, 0.1) is 12.2 Å². The van der Waals surface area contributed by atoms with Crippen LogP contribution in [0.5, 0.6) is 11.5 Å². The van der Waals surface area contributed by atoms with E-state index in [-0.39, 0.29) is 5.57 Å². The number of benzene rings is 1. The summed E-state index contributed by atoms with van der Waals surface area (Å²) in [6.45, 7) is 6.25. The summed E-state index contributed by atoms with van der Waals surface area (Å²) < 4.78 is 11.9. The van der Waals surface area contributed by atoms with Gasteiger partial charge in [-0.1, -0.05) is 28.6 Å². The van der Waals surface area contributed by atoms with Crippen LogP contribution in [0.25, 0.3) is 6.08 Å². The second-order valence-corrected chi connectivity index (χ2v) is 8.96. The SMILES string of the molecule is C=CCOc1cc(Br)c(/C=C(\C#N)C(=O)Nc2sc3c(c2C#N)CCCC3)cc1OCC. The molecule has 0 saturated carbocycles. The van der Waals surface area contributed by atoms with E-state index in [0.717, 1.165) is 36.1 Å². The Kier molecular flexibility index (Phi) is 8.10. The van der Waals surface area contributed by atoms with E-state index < -0.39 is 5.91 Å². The summed E-state index contributed by atoms with van der Waals surface area (Å²) in [7, 11) is 0. The molecule has 0 radical (unpaired) electrons. The fourth-order valence-corrected chi connectivity index (χ4v) is 5.11. The van der Waals surface area contributed by atoms with Gasteiger partial charge in [0.15, 0.2) is 11.5 Å². The summed E-state index contributed by atoms with van der Waals surface area (Å²) in [5.41, 5.74) is 2.06. The largest absolute Gasteiger partial charge is 0.490 e. The van der Waals surface area contributed by atoms with Crippen molar-refractivity contribution >= 4 is 44.3 Å². The Morgan fingerprint density at radius 2 is 2.03 bits per heavy atom. The molecule has 0 fully saturated rings. The molecule has 0 aliphatic heterocycles. The first-order chi connectivity index (χ1) is 15.5. The van der Waals surface area contributed by atoms with Crippen molar-refractivity contribution in [3.05, 3.63) is 56.4 Å². The van der Waals surface area contributed by atoms with Crippen molar-refractivity contribution in [1.82, 2.24) is 0 Å². The van der Waals surface area contributed by atoms with Crippen LogP contribution in [0.4, 0.5) is 5.00 Å². The number of nitrogens with one attached hydrogen (secondary N) is 1. The van der Waals surface area contributed by atoms with Gasteiger partial charge in [-0.05, 0) is 61.9 Å². The summed E-state index contributed by atoms with van der Waals surface area (Å²) in [6.07, 6.45) is 7.00. The average Bonchev–Trinajstić information content (AvgIpc) is 3.14. The number of carbonyl (C=O) groups is 1. The van der Waals surface area contributed by atoms with Gasteiger partial charge in [-0.15, -0.1) is 11.3 Å². The van der Waals surface area contributed by atoms with Gasteiger partial charge in [-0.3, -0.25) is 4.79 Å². The molecule has 1 N–H and O–H groups in total. The van der Waals surface area contributed by atoms with E-state index in [1.807, 2.05) is 13.0 Å². The van der Waals surface area contributed by atoms with Gasteiger partial charge in [0, 0.05) is 9.35 Å². The number of halogens is 1. The standard InChI is InChI=1S/C24H22BrN3O3S/c1-3-9-31-21-12-19(25)15(11-20(21)30-4-2)10-16(13-26)23(29)28-24-18(14-27)17-7-5-6-8-22(17)32-24/h3,10-12H,1,4-9H2,2H3,(H,28,29)/b16-10+. The second-order valence-electron chi connectivity index (χ2n) is 7.00. The minimum Gasteiger partial charge on any atom is -0.490 e. The number of anilines is 1. The van der Waals surface area contributed by atoms with E-state index >= 15 is 0 Å². The van der Waals surface area contributed by atoms with Crippen LogP contribution in [0.3, 0.4) is 0 Å². The topological polar surface area (TPSA) is 95.1 Å². The number of thiophene rings is 1. The van der Waals surface area contributed by atoms with Crippen molar-refractivity contribution in [3.8, 4) is 23.6 Å². The van der Waals surface area contributed by atoms with Crippen LogP contribution in [0.15, 0.2) is 34.8 Å². The van der Waals surface area contributed by atoms with Crippen molar-refractivity contribution in [1.29, 1.82) is 10.5 Å². The molecule has 1 amide bonds. The molecular formula is C24H22BrN3O3S. The molecule has 2 aromatic rings. The van der Waals surface area contributed by atoms with E-state index in [9.17, 15) is 15.3 Å². The Hall–Kier alpha value is -3.07. The molecule has 1 aliphatic rings. The summed E-state index contributed by atoms with van der Waals surface area (Å²) in [6, 6.07) is 7.62. The molecule has 1 aliphatic carbocycles. The first-order valence-electron chi connectivity index (χ1n) is 10.2. The zero-order valence-corrected chi connectivity index (χ0v) is 20.1. The molecule has 3 rings (SSSR count). The Balaban J connectivity index is 1.91. The normalized spacial score (nSPS) is 12.8. The second kappa shape index (κ2) is 11.0. The van der Waals surface area contributed by atoms with E-state index in [1.54, 1.807) is 18.2 Å². The molecule has 6 nitrogen and oxygen atoms in total. The molecule has 1 heterocycles. The number of nitriles is 2. The third-order valence-corrected chi connectivity index (χ3v) is 6.79. The Bertz CT molecular complexity index is 1150. The fourth-order valence-electron chi connectivity index (χ4n) is 3.44. The number of hydrogen-bond acceptors (Lipinski definition) is 6. The molecule has 0 saturated heterocycles. The van der Waals surface area contributed by atoms with Crippen molar-refractivity contribution in [2.24, 2.45) is 0 Å². The number of rotatable bonds is 8. The van der Waals surface area contributed by atoms with E-state index in [4.69, 9.17) is 9.47 Å². The lowest BCUT2D eigenvalue weighted by molar-refractivity contribution is -0.112. The quantitative estimate of drug-likeness (QED) is 0.275. The summed E-state index contributed by atoms with van der Waals surface area (Å²) in [4.78, 5) is 14.0. The zero-order valence-electron chi connectivity index (χ0n) is 17.7. The van der Waals surface area contributed by atoms with E-state index in [0.29, 0.717) is 45.3 Å². The molecule has 8 heteroatoms. The first kappa shape index (κ1) is 23.6. The van der Waals surface area contributed by atoms with Crippen molar-refractivity contribution in [2.45, 2.75) is 32.6 Å². The van der Waals surface area contributed by atoms with Crippen LogP contribution in [-0.4, -0.2) is 19.1 Å². The highest BCUT2D eigenvalue weighted by molar-refractivity contribution is 9.10. The molecule has 0 bridgehead atoms. The minimum absolute atomic E-state index is 0.0804. The number of aryl methyl sites for hydroxylation is 1. The van der Waals surface area contributed by atoms with Gasteiger partial charge >= 0.3 is 0 Å². The predicted octanol–water partition coefficient (Wildman–Crippen LogP) is 5.77. The molecular weight excluding hydrogens is 490 g/mol. The lowest BCUT2D eigenvalue weighted by atomic mass is 9.96. The van der Waals surface area contributed by atoms with Crippen molar-refractivity contribution in [2.75, 3.05) is 18.5 Å². The van der Waals surface area contributed by atoms with Crippen LogP contribution in [0, 0.1) is 22.7 Å². The number of amides is 1. The average molecular weight is 512 g/mol. The van der Waals surface area contributed by atoms with E-state index in [2.05, 4.69) is 33.9 Å². The maximum absolute atomic E-state index is 12.9. The Labute approximate surface area is 199 Å². The summed E-state index contributed by atoms with van der Waals surface area (Å²) in [5.74, 6) is 0.472. The Morgan fingerprint density at radius 1 is 1.28 bits per heavy atom. The van der Waals surface area contributed by atoms with E-state index in [1.165, 1.54) is 17.4 Å². The molecule has 1 aromatic heterocycles. The number of carbonyl (C=O) groups excluding carboxylic acids is 1. The zero-order chi connectivity index (χ0) is 23.1. The monoisotopic (exact) mass is 511 g/mol. The number of hydrogen-bond donors (Lipinski definition) is 1. The molecule has 32 heavy (non-hydrogen) atoms. The van der Waals surface area contributed by atoms with Crippen LogP contribution >= 0.6 is 27.3 Å². The van der Waals surface area contributed by atoms with Gasteiger partial charge in [0.25, 0.3) is 5.91 Å². The third-order valence-electron chi connectivity index (χ3n) is 4.89. The Morgan fingerprint density at radius 3 is 2.72 bits per heavy atom. The van der Waals surface area contributed by atoms with Gasteiger partial charge in [0.1, 0.15) is 29.3 Å². The van der Waals surface area contributed by atoms with Crippen LogP contribution in [0.2, 0.25) is 0 Å². The maximum atomic E-state index is 12.9. The van der Waals surface area contributed by atoms with Gasteiger partial charge in [0.2, 0.25) is 0 Å². The molecule has 0 spiro atoms. The van der Waals surface area contributed by atoms with Gasteiger partial charge in [-0.2, -0.15) is 10.5 Å². The smallest absolute Gasteiger partial charge is 0.266 e. The highest BCUT2D eigenvalue weighted by Gasteiger charge is 2.23. The molecule has 1 aromatic carbocycles. The first-order valence-corrected chi connectivity index (χ1v) is 11.8. The lowest BCUT2D eigenvalue weighted by Crippen LogP contribution is -2.13. The summed E-state index contributed by atoms with van der Waals surface area (Å²) in [5, 5.41) is 22.5. The minimum atomic E-state index is -0.556. The fraction of sp³-hybridized carbons (Fsp3) is 0.292. The van der Waals surface area contributed by atoms with Gasteiger partial charge in [-0.25, -0.2) is 0 Å². The number of nitrogens with zero attached hydrogens (tertiary/aromatic N) is 2. The molecule has 0 unspecified atom stereocenters. The molecule has 164 valence electrons. The molecule has 0 atom stereocenters. The summed E-state index contributed by atoms with van der Waals surface area (Å²) >= 11 is 4.90. The van der Waals surface area contributed by atoms with Crippen LogP contribution in [-0.2, 0) is 17.6 Å². The maximum Gasteiger partial charge on any atom is 0.266 e. The van der Waals surface area contributed by atoms with Crippen LogP contribution < -0.4 is 14.8 Å². The number of ether oxygens (including phenoxy) is 2.